The first-order valence-electron chi connectivity index (χ1n) is 6.57. The molecule has 20 heavy (non-hydrogen) atoms. The summed E-state index contributed by atoms with van der Waals surface area (Å²) < 4.78 is 14.1. The van der Waals surface area contributed by atoms with Gasteiger partial charge >= 0.3 is 0 Å². The molecule has 6 nitrogen and oxygen atoms in total. The Morgan fingerprint density at radius 1 is 1.60 bits per heavy atom. The highest BCUT2D eigenvalue weighted by Gasteiger charge is 2.22. The van der Waals surface area contributed by atoms with Crippen molar-refractivity contribution in [1.29, 1.82) is 0 Å². The molecule has 0 aromatic carbocycles. The number of halogens is 1. The minimum absolute atomic E-state index is 0.0278. The lowest BCUT2D eigenvalue weighted by Crippen LogP contribution is -2.47. The normalized spacial score (nSPS) is 18.3. The Balaban J connectivity index is 2.05. The molecule has 1 aliphatic rings. The molecule has 1 atom stereocenters. The van der Waals surface area contributed by atoms with Gasteiger partial charge < -0.3 is 16.0 Å². The van der Waals surface area contributed by atoms with Gasteiger partial charge in [0.05, 0.1) is 5.56 Å². The van der Waals surface area contributed by atoms with Crippen LogP contribution in [0, 0.1) is 5.82 Å². The van der Waals surface area contributed by atoms with Crippen LogP contribution in [0.2, 0.25) is 0 Å². The smallest absolute Gasteiger partial charge is 0.254 e. The van der Waals surface area contributed by atoms with Crippen LogP contribution >= 0.6 is 0 Å². The molecule has 0 spiro atoms. The minimum atomic E-state index is -0.660. The fourth-order valence-electron chi connectivity index (χ4n) is 2.03. The molecule has 1 saturated heterocycles. The first kappa shape index (κ1) is 14.2. The summed E-state index contributed by atoms with van der Waals surface area (Å²) >= 11 is 0. The van der Waals surface area contributed by atoms with E-state index in [1.54, 1.807) is 0 Å². The number of hydrogen-bond donors (Lipinski definition) is 3. The van der Waals surface area contributed by atoms with Gasteiger partial charge in [0, 0.05) is 31.7 Å². The van der Waals surface area contributed by atoms with Crippen LogP contribution in [0.1, 0.15) is 30.1 Å². The Morgan fingerprint density at radius 3 is 3.05 bits per heavy atom. The zero-order valence-corrected chi connectivity index (χ0v) is 11.2. The summed E-state index contributed by atoms with van der Waals surface area (Å²) in [5.74, 6) is -1.12. The van der Waals surface area contributed by atoms with Crippen LogP contribution in [-0.4, -0.2) is 35.9 Å². The Labute approximate surface area is 116 Å². The summed E-state index contributed by atoms with van der Waals surface area (Å²) in [5, 5.41) is 8.14. The van der Waals surface area contributed by atoms with Crippen LogP contribution in [0.5, 0.6) is 0 Å². The second-order valence-electron chi connectivity index (χ2n) is 4.56. The molecular weight excluding hydrogens is 263 g/mol. The Bertz CT molecular complexity index is 511. The molecule has 2 heterocycles. The van der Waals surface area contributed by atoms with E-state index in [1.807, 2.05) is 6.92 Å². The van der Waals surface area contributed by atoms with Gasteiger partial charge in [-0.3, -0.25) is 9.59 Å². The number of aromatic nitrogens is 1. The number of piperidine rings is 1. The molecule has 0 radical (unpaired) electrons. The van der Waals surface area contributed by atoms with E-state index >= 15 is 0 Å². The highest BCUT2D eigenvalue weighted by Crippen LogP contribution is 2.15. The molecular formula is C13H17FN4O2. The van der Waals surface area contributed by atoms with E-state index in [9.17, 15) is 14.0 Å². The van der Waals surface area contributed by atoms with Gasteiger partial charge in [-0.25, -0.2) is 9.37 Å². The molecule has 1 aromatic rings. The predicted octanol–water partition coefficient (Wildman–Crippen LogP) is 0.661. The molecule has 7 heteroatoms. The van der Waals surface area contributed by atoms with Crippen molar-refractivity contribution in [3.63, 3.8) is 0 Å². The summed E-state index contributed by atoms with van der Waals surface area (Å²) in [6, 6.07) is 1.17. The maximum Gasteiger partial charge on any atom is 0.254 e. The van der Waals surface area contributed by atoms with Gasteiger partial charge in [0.2, 0.25) is 5.91 Å². The largest absolute Gasteiger partial charge is 0.368 e. The maximum atomic E-state index is 14.1. The van der Waals surface area contributed by atoms with Crippen LogP contribution in [0.4, 0.5) is 10.2 Å². The van der Waals surface area contributed by atoms with Crippen molar-refractivity contribution in [2.75, 3.05) is 18.4 Å². The zero-order valence-electron chi connectivity index (χ0n) is 11.2. The summed E-state index contributed by atoms with van der Waals surface area (Å²) in [6.07, 6.45) is 2.31. The summed E-state index contributed by atoms with van der Waals surface area (Å²) in [7, 11) is 0. The van der Waals surface area contributed by atoms with Crippen molar-refractivity contribution in [3.8, 4) is 0 Å². The van der Waals surface area contributed by atoms with E-state index < -0.39 is 11.7 Å². The van der Waals surface area contributed by atoms with Gasteiger partial charge in [-0.05, 0) is 19.4 Å². The van der Waals surface area contributed by atoms with Crippen molar-refractivity contribution >= 4 is 17.6 Å². The van der Waals surface area contributed by atoms with Gasteiger partial charge in [0.1, 0.15) is 0 Å². The number of nitrogens with one attached hydrogen (secondary N) is 3. The van der Waals surface area contributed by atoms with E-state index in [0.29, 0.717) is 25.9 Å². The molecule has 1 aromatic heterocycles. The molecule has 0 saturated carbocycles. The minimum Gasteiger partial charge on any atom is -0.368 e. The third-order valence-electron chi connectivity index (χ3n) is 3.08. The number of hydrogen-bond acceptors (Lipinski definition) is 4. The molecule has 1 fully saturated rings. The van der Waals surface area contributed by atoms with Crippen LogP contribution < -0.4 is 16.0 Å². The summed E-state index contributed by atoms with van der Waals surface area (Å²) in [5.41, 5.74) is -0.0483. The Hall–Kier alpha value is -2.18. The number of pyridine rings is 1. The van der Waals surface area contributed by atoms with Crippen molar-refractivity contribution in [1.82, 2.24) is 15.6 Å². The highest BCUT2D eigenvalue weighted by atomic mass is 19.1. The van der Waals surface area contributed by atoms with Gasteiger partial charge in [0.15, 0.2) is 11.6 Å². The van der Waals surface area contributed by atoms with Crippen molar-refractivity contribution in [2.45, 2.75) is 25.8 Å². The van der Waals surface area contributed by atoms with E-state index in [4.69, 9.17) is 0 Å². The second-order valence-corrected chi connectivity index (χ2v) is 4.56. The fourth-order valence-corrected chi connectivity index (χ4v) is 2.03. The molecule has 0 bridgehead atoms. The predicted molar refractivity (Wildman–Crippen MR) is 71.9 cm³/mol. The Morgan fingerprint density at radius 2 is 2.40 bits per heavy atom. The molecule has 1 aliphatic heterocycles. The van der Waals surface area contributed by atoms with Crippen LogP contribution in [-0.2, 0) is 4.79 Å². The highest BCUT2D eigenvalue weighted by molar-refractivity contribution is 5.95. The number of rotatable bonds is 4. The number of carbonyl (C=O) groups is 2. The second kappa shape index (κ2) is 6.31. The van der Waals surface area contributed by atoms with E-state index in [1.165, 1.54) is 12.3 Å². The average molecular weight is 280 g/mol. The summed E-state index contributed by atoms with van der Waals surface area (Å²) in [4.78, 5) is 26.9. The van der Waals surface area contributed by atoms with Crippen molar-refractivity contribution in [2.24, 2.45) is 0 Å². The van der Waals surface area contributed by atoms with Crippen LogP contribution in [0.15, 0.2) is 12.3 Å². The SMILES string of the molecule is CCNc1nccc(C(=O)NC2CCC(=O)NC2)c1F. The van der Waals surface area contributed by atoms with Gasteiger partial charge in [-0.1, -0.05) is 0 Å². The average Bonchev–Trinajstić information content (AvgIpc) is 2.44. The van der Waals surface area contributed by atoms with Gasteiger partial charge in [0.25, 0.3) is 5.91 Å². The third kappa shape index (κ3) is 3.23. The third-order valence-corrected chi connectivity index (χ3v) is 3.08. The number of carbonyl (C=O) groups excluding carboxylic acids is 2. The zero-order chi connectivity index (χ0) is 14.5. The van der Waals surface area contributed by atoms with Crippen LogP contribution in [0.25, 0.3) is 0 Å². The first-order valence-corrected chi connectivity index (χ1v) is 6.57. The quantitative estimate of drug-likeness (QED) is 0.756. The first-order chi connectivity index (χ1) is 9.61. The lowest BCUT2D eigenvalue weighted by molar-refractivity contribution is -0.122. The van der Waals surface area contributed by atoms with Crippen molar-refractivity contribution in [3.05, 3.63) is 23.6 Å². The van der Waals surface area contributed by atoms with E-state index in [0.717, 1.165) is 0 Å². The van der Waals surface area contributed by atoms with E-state index in [2.05, 4.69) is 20.9 Å². The lowest BCUT2D eigenvalue weighted by atomic mass is 10.1. The number of amides is 2. The monoisotopic (exact) mass is 280 g/mol. The maximum absolute atomic E-state index is 14.1. The van der Waals surface area contributed by atoms with Crippen molar-refractivity contribution < 1.29 is 14.0 Å². The molecule has 0 aliphatic carbocycles. The van der Waals surface area contributed by atoms with Gasteiger partial charge in [-0.2, -0.15) is 0 Å². The number of nitrogens with zero attached hydrogens (tertiary/aromatic N) is 1. The van der Waals surface area contributed by atoms with Gasteiger partial charge in [-0.15, -0.1) is 0 Å². The standard InChI is InChI=1S/C13H17FN4O2/c1-2-15-12-11(14)9(5-6-16-12)13(20)18-8-3-4-10(19)17-7-8/h5-6,8H,2-4,7H2,1H3,(H,15,16)(H,17,19)(H,18,20). The van der Waals surface area contributed by atoms with E-state index in [-0.39, 0.29) is 23.3 Å². The van der Waals surface area contributed by atoms with Crippen LogP contribution in [0.3, 0.4) is 0 Å². The molecule has 108 valence electrons. The Kier molecular flexibility index (Phi) is 4.49. The molecule has 1 unspecified atom stereocenters. The topological polar surface area (TPSA) is 83.1 Å². The number of anilines is 1. The fraction of sp³-hybridized carbons (Fsp3) is 0.462. The lowest BCUT2D eigenvalue weighted by Gasteiger charge is -2.23. The molecule has 2 amide bonds. The molecule has 2 rings (SSSR count). The molecule has 3 N–H and O–H groups in total. The summed E-state index contributed by atoms with van der Waals surface area (Å²) in [6.45, 7) is 2.71.